The van der Waals surface area contributed by atoms with Crippen LogP contribution in [0, 0.1) is 26.6 Å². The molecule has 2 aromatic heterocycles. The predicted molar refractivity (Wildman–Crippen MR) is 127 cm³/mol. The highest BCUT2D eigenvalue weighted by Crippen LogP contribution is 2.28. The normalized spacial score (nSPS) is 11.0. The van der Waals surface area contributed by atoms with Crippen molar-refractivity contribution in [1.82, 2.24) is 15.3 Å². The molecule has 33 heavy (non-hydrogen) atoms. The number of hydrogen-bond donors (Lipinski definition) is 3. The van der Waals surface area contributed by atoms with E-state index in [1.807, 2.05) is 32.9 Å². The Morgan fingerprint density at radius 1 is 1.09 bits per heavy atom. The minimum absolute atomic E-state index is 0.238. The molecular formula is C26H25FN4O2. The summed E-state index contributed by atoms with van der Waals surface area (Å²) in [6.45, 7) is 6.03. The van der Waals surface area contributed by atoms with Crippen molar-refractivity contribution in [2.75, 3.05) is 6.54 Å². The fraction of sp³-hybridized carbons (Fsp3) is 0.192. The van der Waals surface area contributed by atoms with E-state index < -0.39 is 5.91 Å². The summed E-state index contributed by atoms with van der Waals surface area (Å²) in [5, 5.41) is 3.75. The van der Waals surface area contributed by atoms with Crippen LogP contribution in [0.4, 0.5) is 4.39 Å². The molecular weight excluding hydrogens is 419 g/mol. The number of nitrogens with one attached hydrogen (secondary N) is 2. The molecule has 0 saturated carbocycles. The van der Waals surface area contributed by atoms with Crippen molar-refractivity contribution in [1.29, 1.82) is 0 Å². The van der Waals surface area contributed by atoms with E-state index >= 15 is 0 Å². The molecule has 2 amide bonds. The van der Waals surface area contributed by atoms with Crippen molar-refractivity contribution in [3.8, 4) is 11.1 Å². The maximum atomic E-state index is 14.2. The molecule has 2 aromatic carbocycles. The van der Waals surface area contributed by atoms with Gasteiger partial charge in [-0.1, -0.05) is 24.3 Å². The average Bonchev–Trinajstić information content (AvgIpc) is 3.13. The van der Waals surface area contributed by atoms with E-state index in [9.17, 15) is 14.0 Å². The van der Waals surface area contributed by atoms with Crippen LogP contribution in [0.25, 0.3) is 22.0 Å². The number of benzene rings is 2. The van der Waals surface area contributed by atoms with Crippen molar-refractivity contribution in [3.63, 3.8) is 0 Å². The lowest BCUT2D eigenvalue weighted by Gasteiger charge is -2.11. The van der Waals surface area contributed by atoms with Crippen molar-refractivity contribution < 1.29 is 14.0 Å². The minimum atomic E-state index is -0.522. The van der Waals surface area contributed by atoms with Crippen LogP contribution in [0.1, 0.15) is 43.2 Å². The Morgan fingerprint density at radius 3 is 2.64 bits per heavy atom. The van der Waals surface area contributed by atoms with Gasteiger partial charge in [-0.3, -0.25) is 14.6 Å². The van der Waals surface area contributed by atoms with Gasteiger partial charge >= 0.3 is 0 Å². The van der Waals surface area contributed by atoms with Crippen LogP contribution < -0.4 is 11.1 Å². The first kappa shape index (κ1) is 22.2. The van der Waals surface area contributed by atoms with Crippen LogP contribution in [0.5, 0.6) is 0 Å². The van der Waals surface area contributed by atoms with E-state index in [-0.39, 0.29) is 17.4 Å². The Kier molecular flexibility index (Phi) is 5.96. The summed E-state index contributed by atoms with van der Waals surface area (Å²) in [5.41, 5.74) is 11.7. The number of fused-ring (bicyclic) bond motifs is 1. The number of pyridine rings is 1. The van der Waals surface area contributed by atoms with E-state index in [1.54, 1.807) is 24.3 Å². The fourth-order valence-electron chi connectivity index (χ4n) is 4.30. The van der Waals surface area contributed by atoms with E-state index in [4.69, 9.17) is 5.73 Å². The van der Waals surface area contributed by atoms with Gasteiger partial charge in [0.1, 0.15) is 11.5 Å². The summed E-state index contributed by atoms with van der Waals surface area (Å²) >= 11 is 0. The Hall–Kier alpha value is -4.00. The number of carbonyl (C=O) groups is 2. The first-order valence-electron chi connectivity index (χ1n) is 10.7. The van der Waals surface area contributed by atoms with Crippen molar-refractivity contribution in [2.45, 2.75) is 27.2 Å². The molecule has 0 spiro atoms. The second kappa shape index (κ2) is 8.86. The Labute approximate surface area is 191 Å². The molecule has 0 saturated heterocycles. The summed E-state index contributed by atoms with van der Waals surface area (Å²) in [6, 6.07) is 12.1. The summed E-state index contributed by atoms with van der Waals surface area (Å²) in [5.74, 6) is -1.14. The highest BCUT2D eigenvalue weighted by Gasteiger charge is 2.16. The van der Waals surface area contributed by atoms with Crippen LogP contribution in [0.2, 0.25) is 0 Å². The van der Waals surface area contributed by atoms with Gasteiger partial charge in [0.2, 0.25) is 5.91 Å². The van der Waals surface area contributed by atoms with Gasteiger partial charge < -0.3 is 16.0 Å². The number of nitrogens with two attached hydrogens (primary N) is 1. The number of rotatable bonds is 6. The number of primary amides is 1. The lowest BCUT2D eigenvalue weighted by molar-refractivity contribution is 0.0948. The highest BCUT2D eigenvalue weighted by molar-refractivity contribution is 6.02. The van der Waals surface area contributed by atoms with E-state index in [0.29, 0.717) is 35.2 Å². The van der Waals surface area contributed by atoms with Crippen molar-refractivity contribution in [2.24, 2.45) is 5.73 Å². The number of nitrogens with zero attached hydrogens (tertiary/aromatic N) is 1. The first-order valence-corrected chi connectivity index (χ1v) is 10.7. The van der Waals surface area contributed by atoms with E-state index in [2.05, 4.69) is 15.3 Å². The third-order valence-electron chi connectivity index (χ3n) is 5.91. The lowest BCUT2D eigenvalue weighted by atomic mass is 9.95. The Bertz CT molecular complexity index is 1390. The number of aryl methyl sites for hydroxylation is 3. The maximum Gasteiger partial charge on any atom is 0.269 e. The van der Waals surface area contributed by atoms with E-state index in [1.165, 1.54) is 12.3 Å². The Balaban J connectivity index is 1.53. The van der Waals surface area contributed by atoms with E-state index in [0.717, 1.165) is 27.8 Å². The number of H-pyrrole nitrogens is 1. The number of aromatic amines is 1. The maximum absolute atomic E-state index is 14.2. The van der Waals surface area contributed by atoms with Gasteiger partial charge in [-0.25, -0.2) is 4.39 Å². The zero-order chi connectivity index (χ0) is 23.7. The molecule has 0 atom stereocenters. The van der Waals surface area contributed by atoms with Gasteiger partial charge in [-0.05, 0) is 73.2 Å². The third-order valence-corrected chi connectivity index (χ3v) is 5.91. The number of halogens is 1. The average molecular weight is 445 g/mol. The quantitative estimate of drug-likeness (QED) is 0.412. The summed E-state index contributed by atoms with van der Waals surface area (Å²) in [4.78, 5) is 32.0. The fourth-order valence-corrected chi connectivity index (χ4v) is 4.30. The molecule has 6 nitrogen and oxygen atoms in total. The van der Waals surface area contributed by atoms with Gasteiger partial charge in [0.25, 0.3) is 5.91 Å². The smallest absolute Gasteiger partial charge is 0.269 e. The molecule has 168 valence electrons. The number of carbonyl (C=O) groups excluding carboxylic acids is 2. The molecule has 0 aliphatic carbocycles. The largest absolute Gasteiger partial charge is 0.366 e. The summed E-state index contributed by atoms with van der Waals surface area (Å²) < 4.78 is 14.2. The molecule has 0 aliphatic rings. The molecule has 2 heterocycles. The molecule has 0 aliphatic heterocycles. The molecule has 7 heteroatoms. The first-order chi connectivity index (χ1) is 15.8. The molecule has 4 aromatic rings. The zero-order valence-electron chi connectivity index (χ0n) is 18.8. The molecule has 0 bridgehead atoms. The lowest BCUT2D eigenvalue weighted by Crippen LogP contribution is -2.26. The number of hydrogen-bond acceptors (Lipinski definition) is 3. The topological polar surface area (TPSA) is 101 Å². The van der Waals surface area contributed by atoms with Crippen molar-refractivity contribution in [3.05, 3.63) is 88.1 Å². The monoisotopic (exact) mass is 444 g/mol. The van der Waals surface area contributed by atoms with Crippen LogP contribution >= 0.6 is 0 Å². The second-order valence-corrected chi connectivity index (χ2v) is 8.14. The van der Waals surface area contributed by atoms with Gasteiger partial charge in [0.05, 0.1) is 5.52 Å². The molecule has 4 rings (SSSR count). The molecule has 0 fully saturated rings. The van der Waals surface area contributed by atoms with Gasteiger partial charge in [-0.2, -0.15) is 0 Å². The van der Waals surface area contributed by atoms with Crippen LogP contribution in [0.15, 0.2) is 48.7 Å². The van der Waals surface area contributed by atoms with Crippen LogP contribution in [-0.2, 0) is 6.42 Å². The molecule has 0 radical (unpaired) electrons. The molecule has 0 unspecified atom stereocenters. The SMILES string of the molecule is Cc1cccc(-c2ccnc(C(=O)NCCc3c(C)[nH]c4c(F)ccc(C)c34)c2)c1C(N)=O. The van der Waals surface area contributed by atoms with Crippen LogP contribution in [0.3, 0.4) is 0 Å². The standard InChI is InChI=1S/C26H25FN4O2/c1-14-5-4-6-19(23(14)25(28)32)17-9-11-29-21(13-17)26(33)30-12-10-18-16(3)31-24-20(27)8-7-15(2)22(18)24/h4-9,11,13,31H,10,12H2,1-3H3,(H2,28,32)(H,30,33). The second-order valence-electron chi connectivity index (χ2n) is 8.14. The number of amides is 2. The van der Waals surface area contributed by atoms with Crippen molar-refractivity contribution >= 4 is 22.7 Å². The number of aromatic nitrogens is 2. The summed E-state index contributed by atoms with van der Waals surface area (Å²) in [7, 11) is 0. The Morgan fingerprint density at radius 2 is 1.88 bits per heavy atom. The van der Waals surface area contributed by atoms with Gasteiger partial charge in [0.15, 0.2) is 0 Å². The van der Waals surface area contributed by atoms with Crippen LogP contribution in [-0.4, -0.2) is 28.3 Å². The minimum Gasteiger partial charge on any atom is -0.366 e. The predicted octanol–water partition coefficient (Wildman–Crippen LogP) is 4.37. The van der Waals surface area contributed by atoms with Gasteiger partial charge in [-0.15, -0.1) is 0 Å². The third kappa shape index (κ3) is 4.22. The highest BCUT2D eigenvalue weighted by atomic mass is 19.1. The van der Waals surface area contributed by atoms with Gasteiger partial charge in [0, 0.05) is 29.4 Å². The zero-order valence-corrected chi connectivity index (χ0v) is 18.8. The molecule has 4 N–H and O–H groups in total. The summed E-state index contributed by atoms with van der Waals surface area (Å²) in [6.07, 6.45) is 2.08.